The van der Waals surface area contributed by atoms with Crippen LogP contribution in [-0.4, -0.2) is 17.6 Å². The van der Waals surface area contributed by atoms with Gasteiger partial charge in [-0.1, -0.05) is 82.2 Å². The van der Waals surface area contributed by atoms with Gasteiger partial charge in [0.1, 0.15) is 0 Å². The number of anilines is 1. The molecule has 0 atom stereocenters. The number of para-hydroxylation sites is 1. The summed E-state index contributed by atoms with van der Waals surface area (Å²) >= 11 is 0. The third-order valence-corrected chi connectivity index (χ3v) is 4.61. The lowest BCUT2D eigenvalue weighted by Gasteiger charge is -2.10. The molecule has 3 heteroatoms. The van der Waals surface area contributed by atoms with Crippen molar-refractivity contribution in [1.82, 2.24) is 0 Å². The number of carboxylic acid groups (broad SMARTS) is 1. The first kappa shape index (κ1) is 22.3. The number of nitrogens with one attached hydrogen (secondary N) is 1. The maximum absolute atomic E-state index is 10.9. The minimum Gasteiger partial charge on any atom is -0.481 e. The summed E-state index contributed by atoms with van der Waals surface area (Å²) in [6.07, 6.45) is 19.0. The van der Waals surface area contributed by atoms with Crippen molar-refractivity contribution in [3.63, 3.8) is 0 Å². The van der Waals surface area contributed by atoms with Crippen molar-refractivity contribution < 1.29 is 9.90 Å². The summed E-state index contributed by atoms with van der Waals surface area (Å²) in [5, 5.41) is 12.3. The van der Waals surface area contributed by atoms with Gasteiger partial charge >= 0.3 is 5.97 Å². The molecule has 0 saturated heterocycles. The number of hydrogen-bond donors (Lipinski definition) is 2. The highest BCUT2D eigenvalue weighted by Crippen LogP contribution is 2.16. The molecule has 26 heavy (non-hydrogen) atoms. The first-order valence-electron chi connectivity index (χ1n) is 10.4. The van der Waals surface area contributed by atoms with Crippen LogP contribution in [0, 0.1) is 0 Å². The molecule has 1 aromatic rings. The fraction of sp³-hybridized carbons (Fsp3) is 0.609. The summed E-state index contributed by atoms with van der Waals surface area (Å²) in [7, 11) is 0. The van der Waals surface area contributed by atoms with Crippen molar-refractivity contribution in [1.29, 1.82) is 0 Å². The van der Waals surface area contributed by atoms with Gasteiger partial charge in [0.2, 0.25) is 0 Å². The topological polar surface area (TPSA) is 49.3 Å². The molecule has 0 amide bonds. The molecule has 0 radical (unpaired) electrons. The molecule has 2 N–H and O–H groups in total. The molecule has 0 aliphatic carbocycles. The van der Waals surface area contributed by atoms with Crippen molar-refractivity contribution in [3.8, 4) is 0 Å². The largest absolute Gasteiger partial charge is 0.481 e. The highest BCUT2D eigenvalue weighted by molar-refractivity contribution is 5.73. The second-order valence-electron chi connectivity index (χ2n) is 7.03. The molecule has 0 unspecified atom stereocenters. The minimum absolute atomic E-state index is 0.0711. The summed E-state index contributed by atoms with van der Waals surface area (Å²) in [6.45, 7) is 3.14. The maximum atomic E-state index is 10.9. The summed E-state index contributed by atoms with van der Waals surface area (Å²) in [4.78, 5) is 10.9. The first-order chi connectivity index (χ1) is 12.7. The number of rotatable bonds is 16. The predicted octanol–water partition coefficient (Wildman–Crippen LogP) is 6.59. The molecule has 1 aromatic carbocycles. The number of allylic oxidation sites excluding steroid dienone is 2. The molecule has 0 fully saturated rings. The second-order valence-corrected chi connectivity index (χ2v) is 7.03. The van der Waals surface area contributed by atoms with Crippen LogP contribution < -0.4 is 5.32 Å². The van der Waals surface area contributed by atoms with E-state index in [1.54, 1.807) is 0 Å². The van der Waals surface area contributed by atoms with E-state index in [1.165, 1.54) is 57.8 Å². The van der Waals surface area contributed by atoms with Gasteiger partial charge in [-0.25, -0.2) is 0 Å². The molecule has 0 spiro atoms. The van der Waals surface area contributed by atoms with Gasteiger partial charge < -0.3 is 10.4 Å². The van der Waals surface area contributed by atoms with Gasteiger partial charge in [0, 0.05) is 12.2 Å². The van der Waals surface area contributed by atoms with Crippen LogP contribution in [0.15, 0.2) is 36.4 Å². The quantitative estimate of drug-likeness (QED) is 0.258. The van der Waals surface area contributed by atoms with Gasteiger partial charge in [-0.15, -0.1) is 0 Å². The van der Waals surface area contributed by atoms with E-state index in [9.17, 15) is 4.79 Å². The Bertz CT molecular complexity index is 511. The molecular weight excluding hydrogens is 322 g/mol. The zero-order valence-corrected chi connectivity index (χ0v) is 16.5. The Morgan fingerprint density at radius 2 is 1.54 bits per heavy atom. The third-order valence-electron chi connectivity index (χ3n) is 4.61. The standard InChI is InChI=1S/C23H37NO2/c1-2-3-4-5-6-7-8-9-10-11-12-13-16-19-24-22-18-15-14-17-21(22)20-23(25)26/h11-12,14-15,17-18,24H,2-10,13,16,19-20H2,1H3,(H,25,26). The lowest BCUT2D eigenvalue weighted by Crippen LogP contribution is -2.07. The van der Waals surface area contributed by atoms with Crippen LogP contribution in [0.25, 0.3) is 0 Å². The fourth-order valence-corrected chi connectivity index (χ4v) is 3.08. The molecule has 1 rings (SSSR count). The summed E-state index contributed by atoms with van der Waals surface area (Å²) in [5.41, 5.74) is 1.79. The monoisotopic (exact) mass is 359 g/mol. The van der Waals surface area contributed by atoms with E-state index in [4.69, 9.17) is 5.11 Å². The van der Waals surface area contributed by atoms with Gasteiger partial charge in [-0.05, 0) is 37.3 Å². The van der Waals surface area contributed by atoms with E-state index >= 15 is 0 Å². The van der Waals surface area contributed by atoms with E-state index in [1.807, 2.05) is 24.3 Å². The SMILES string of the molecule is CCCCCCCCCCC=CCCCNc1ccccc1CC(=O)O. The Morgan fingerprint density at radius 3 is 2.23 bits per heavy atom. The van der Waals surface area contributed by atoms with Crippen molar-refractivity contribution in [3.05, 3.63) is 42.0 Å². The maximum Gasteiger partial charge on any atom is 0.307 e. The Balaban J connectivity index is 2.00. The van der Waals surface area contributed by atoms with Crippen molar-refractivity contribution >= 4 is 11.7 Å². The first-order valence-corrected chi connectivity index (χ1v) is 10.4. The Labute approximate surface area is 159 Å². The van der Waals surface area contributed by atoms with Crippen LogP contribution in [0.3, 0.4) is 0 Å². The minimum atomic E-state index is -0.789. The Hall–Kier alpha value is -1.77. The highest BCUT2D eigenvalue weighted by Gasteiger charge is 2.05. The zero-order valence-electron chi connectivity index (χ0n) is 16.5. The number of carboxylic acids is 1. The normalized spacial score (nSPS) is 11.1. The average Bonchev–Trinajstić information content (AvgIpc) is 2.63. The van der Waals surface area contributed by atoms with Gasteiger partial charge in [-0.2, -0.15) is 0 Å². The van der Waals surface area contributed by atoms with Crippen LogP contribution in [-0.2, 0) is 11.2 Å². The van der Waals surface area contributed by atoms with Crippen molar-refractivity contribution in [2.24, 2.45) is 0 Å². The third kappa shape index (κ3) is 11.7. The Morgan fingerprint density at radius 1 is 0.923 bits per heavy atom. The molecule has 0 aliphatic rings. The number of carbonyl (C=O) groups is 1. The van der Waals surface area contributed by atoms with E-state index in [-0.39, 0.29) is 6.42 Å². The van der Waals surface area contributed by atoms with Crippen LogP contribution in [0.1, 0.15) is 83.1 Å². The smallest absolute Gasteiger partial charge is 0.307 e. The molecule has 0 heterocycles. The number of aliphatic carboxylic acids is 1. The van der Waals surface area contributed by atoms with Gasteiger partial charge in [0.25, 0.3) is 0 Å². The number of benzene rings is 1. The zero-order chi connectivity index (χ0) is 18.9. The number of unbranched alkanes of at least 4 members (excludes halogenated alkanes) is 9. The van der Waals surface area contributed by atoms with Gasteiger partial charge in [-0.3, -0.25) is 4.79 Å². The van der Waals surface area contributed by atoms with E-state index in [0.717, 1.165) is 30.6 Å². The van der Waals surface area contributed by atoms with Crippen LogP contribution in [0.2, 0.25) is 0 Å². The van der Waals surface area contributed by atoms with Gasteiger partial charge in [0.05, 0.1) is 6.42 Å². The van der Waals surface area contributed by atoms with Gasteiger partial charge in [0.15, 0.2) is 0 Å². The molecule has 3 nitrogen and oxygen atoms in total. The van der Waals surface area contributed by atoms with Crippen molar-refractivity contribution in [2.75, 3.05) is 11.9 Å². The summed E-state index contributed by atoms with van der Waals surface area (Å²) in [6, 6.07) is 7.66. The van der Waals surface area contributed by atoms with Crippen LogP contribution >= 0.6 is 0 Å². The highest BCUT2D eigenvalue weighted by atomic mass is 16.4. The molecule has 0 aromatic heterocycles. The van der Waals surface area contributed by atoms with E-state index < -0.39 is 5.97 Å². The molecule has 0 saturated carbocycles. The number of hydrogen-bond acceptors (Lipinski definition) is 2. The second kappa shape index (κ2) is 15.5. The summed E-state index contributed by atoms with van der Waals surface area (Å²) in [5.74, 6) is -0.789. The van der Waals surface area contributed by atoms with E-state index in [2.05, 4.69) is 24.4 Å². The lowest BCUT2D eigenvalue weighted by atomic mass is 10.1. The molecule has 0 aliphatic heterocycles. The molecule has 0 bridgehead atoms. The molecular formula is C23H37NO2. The summed E-state index contributed by atoms with van der Waals surface area (Å²) < 4.78 is 0. The molecule has 146 valence electrons. The predicted molar refractivity (Wildman–Crippen MR) is 112 cm³/mol. The average molecular weight is 360 g/mol. The Kier molecular flexibility index (Phi) is 13.3. The lowest BCUT2D eigenvalue weighted by molar-refractivity contribution is -0.136. The van der Waals surface area contributed by atoms with E-state index in [0.29, 0.717) is 0 Å². The van der Waals surface area contributed by atoms with Crippen molar-refractivity contribution in [2.45, 2.75) is 84.0 Å². The van der Waals surface area contributed by atoms with Crippen LogP contribution in [0.5, 0.6) is 0 Å². The van der Waals surface area contributed by atoms with Crippen LogP contribution in [0.4, 0.5) is 5.69 Å². The fourth-order valence-electron chi connectivity index (χ4n) is 3.08.